The van der Waals surface area contributed by atoms with Gasteiger partial charge >= 0.3 is 0 Å². The predicted octanol–water partition coefficient (Wildman–Crippen LogP) is 3.33. The summed E-state index contributed by atoms with van der Waals surface area (Å²) in [7, 11) is 0. The molecule has 4 heteroatoms. The lowest BCUT2D eigenvalue weighted by molar-refractivity contribution is 0.112. The van der Waals surface area contributed by atoms with Gasteiger partial charge in [-0.2, -0.15) is 0 Å². The summed E-state index contributed by atoms with van der Waals surface area (Å²) in [6.45, 7) is 3.18. The lowest BCUT2D eigenvalue weighted by atomic mass is 10.1. The Morgan fingerprint density at radius 2 is 2.29 bits per heavy atom. The van der Waals surface area contributed by atoms with E-state index in [2.05, 4.69) is 4.98 Å². The van der Waals surface area contributed by atoms with Gasteiger partial charge in [-0.25, -0.2) is 9.37 Å². The van der Waals surface area contributed by atoms with E-state index in [1.54, 1.807) is 24.3 Å². The fourth-order valence-corrected chi connectivity index (χ4v) is 2.97. The van der Waals surface area contributed by atoms with Gasteiger partial charge in [0.2, 0.25) is 0 Å². The van der Waals surface area contributed by atoms with E-state index in [0.29, 0.717) is 12.2 Å². The van der Waals surface area contributed by atoms with Crippen molar-refractivity contribution in [3.8, 4) is 10.6 Å². The second-order valence-electron chi connectivity index (χ2n) is 4.16. The van der Waals surface area contributed by atoms with Crippen LogP contribution in [0, 0.1) is 12.7 Å². The van der Waals surface area contributed by atoms with Crippen LogP contribution in [0.1, 0.15) is 16.1 Å². The molecule has 0 aliphatic carbocycles. The van der Waals surface area contributed by atoms with Gasteiger partial charge in [-0.15, -0.1) is 11.3 Å². The number of benzene rings is 1. The van der Waals surface area contributed by atoms with Crippen LogP contribution in [0.2, 0.25) is 0 Å². The molecule has 0 bridgehead atoms. The highest BCUT2D eigenvalue weighted by atomic mass is 32.1. The second kappa shape index (κ2) is 4.20. The topological polar surface area (TPSA) is 22.1 Å². The molecule has 0 amide bonds. The minimum atomic E-state index is -0.168. The highest BCUT2D eigenvalue weighted by molar-refractivity contribution is 7.15. The lowest BCUT2D eigenvalue weighted by Crippen LogP contribution is -2.07. The van der Waals surface area contributed by atoms with E-state index >= 15 is 0 Å². The van der Waals surface area contributed by atoms with Crippen LogP contribution in [-0.2, 0) is 17.8 Å². The Bertz CT molecular complexity index is 541. The van der Waals surface area contributed by atoms with Crippen LogP contribution in [-0.4, -0.2) is 11.6 Å². The molecule has 2 aromatic rings. The second-order valence-corrected chi connectivity index (χ2v) is 5.24. The molecule has 2 nitrogen and oxygen atoms in total. The Kier molecular flexibility index (Phi) is 2.68. The summed E-state index contributed by atoms with van der Waals surface area (Å²) in [6.07, 6.45) is 0.881. The number of rotatable bonds is 1. The first-order chi connectivity index (χ1) is 8.24. The molecular formula is C13H12FNOS. The van der Waals surface area contributed by atoms with Gasteiger partial charge in [0.25, 0.3) is 0 Å². The van der Waals surface area contributed by atoms with Crippen molar-refractivity contribution in [1.29, 1.82) is 0 Å². The largest absolute Gasteiger partial charge is 0.375 e. The van der Waals surface area contributed by atoms with E-state index in [0.717, 1.165) is 29.3 Å². The molecule has 88 valence electrons. The third kappa shape index (κ3) is 1.98. The van der Waals surface area contributed by atoms with Gasteiger partial charge in [-0.3, -0.25) is 0 Å². The Morgan fingerprint density at radius 3 is 3.06 bits per heavy atom. The lowest BCUT2D eigenvalue weighted by Gasteiger charge is -2.08. The monoisotopic (exact) mass is 249 g/mol. The summed E-state index contributed by atoms with van der Waals surface area (Å²) in [5.41, 5.74) is 2.79. The molecule has 0 N–H and O–H groups in total. The van der Waals surface area contributed by atoms with Crippen LogP contribution in [0.4, 0.5) is 4.39 Å². The molecule has 0 fully saturated rings. The minimum Gasteiger partial charge on any atom is -0.375 e. The van der Waals surface area contributed by atoms with Crippen LogP contribution in [0.3, 0.4) is 0 Å². The Balaban J connectivity index is 2.03. The highest BCUT2D eigenvalue weighted by Gasteiger charge is 2.16. The number of halogens is 1. The van der Waals surface area contributed by atoms with Crippen molar-refractivity contribution in [2.75, 3.05) is 6.61 Å². The van der Waals surface area contributed by atoms with Crippen LogP contribution >= 0.6 is 11.3 Å². The Hall–Kier alpha value is -1.26. The van der Waals surface area contributed by atoms with E-state index in [1.165, 1.54) is 10.9 Å². The van der Waals surface area contributed by atoms with Crippen LogP contribution in [0.15, 0.2) is 18.2 Å². The minimum absolute atomic E-state index is 0.168. The fourth-order valence-electron chi connectivity index (χ4n) is 1.93. The zero-order valence-corrected chi connectivity index (χ0v) is 10.3. The van der Waals surface area contributed by atoms with E-state index in [4.69, 9.17) is 4.74 Å². The SMILES string of the molecule is Cc1cc(-c2nc3c(s2)COCC3)ccc1F. The molecule has 17 heavy (non-hydrogen) atoms. The smallest absolute Gasteiger partial charge is 0.126 e. The average Bonchev–Trinajstić information content (AvgIpc) is 2.76. The maximum Gasteiger partial charge on any atom is 0.126 e. The molecule has 1 aliphatic rings. The van der Waals surface area contributed by atoms with Gasteiger partial charge in [-0.05, 0) is 30.7 Å². The highest BCUT2D eigenvalue weighted by Crippen LogP contribution is 2.31. The first-order valence-corrected chi connectivity index (χ1v) is 6.38. The van der Waals surface area contributed by atoms with Gasteiger partial charge in [0, 0.05) is 12.0 Å². The Labute approximate surface area is 103 Å². The molecule has 0 unspecified atom stereocenters. The molecule has 1 aromatic carbocycles. The van der Waals surface area contributed by atoms with Gasteiger partial charge in [0.1, 0.15) is 10.8 Å². The van der Waals surface area contributed by atoms with Crippen molar-refractivity contribution in [2.45, 2.75) is 20.0 Å². The summed E-state index contributed by atoms with van der Waals surface area (Å²) in [4.78, 5) is 5.81. The molecule has 0 atom stereocenters. The molecule has 0 saturated heterocycles. The zero-order valence-electron chi connectivity index (χ0n) is 9.50. The maximum atomic E-state index is 13.2. The van der Waals surface area contributed by atoms with Crippen molar-refractivity contribution in [2.24, 2.45) is 0 Å². The van der Waals surface area contributed by atoms with E-state index in [1.807, 2.05) is 6.07 Å². The van der Waals surface area contributed by atoms with Crippen molar-refractivity contribution in [3.05, 3.63) is 40.2 Å². The number of hydrogen-bond donors (Lipinski definition) is 0. The number of fused-ring (bicyclic) bond motifs is 1. The first kappa shape index (κ1) is 10.9. The number of ether oxygens (including phenoxy) is 1. The number of hydrogen-bond acceptors (Lipinski definition) is 3. The Morgan fingerprint density at radius 1 is 1.41 bits per heavy atom. The maximum absolute atomic E-state index is 13.2. The molecule has 0 spiro atoms. The molecule has 0 saturated carbocycles. The van der Waals surface area contributed by atoms with Crippen molar-refractivity contribution >= 4 is 11.3 Å². The first-order valence-electron chi connectivity index (χ1n) is 5.57. The van der Waals surface area contributed by atoms with Crippen LogP contribution < -0.4 is 0 Å². The quantitative estimate of drug-likeness (QED) is 0.773. The van der Waals surface area contributed by atoms with E-state index < -0.39 is 0 Å². The zero-order chi connectivity index (χ0) is 11.8. The van der Waals surface area contributed by atoms with Crippen molar-refractivity contribution < 1.29 is 9.13 Å². The molecule has 2 heterocycles. The fraction of sp³-hybridized carbons (Fsp3) is 0.308. The van der Waals surface area contributed by atoms with Crippen molar-refractivity contribution in [3.63, 3.8) is 0 Å². The van der Waals surface area contributed by atoms with E-state index in [-0.39, 0.29) is 5.82 Å². The van der Waals surface area contributed by atoms with Gasteiger partial charge < -0.3 is 4.74 Å². The average molecular weight is 249 g/mol. The summed E-state index contributed by atoms with van der Waals surface area (Å²) >= 11 is 1.64. The molecule has 3 rings (SSSR count). The summed E-state index contributed by atoms with van der Waals surface area (Å²) in [5, 5.41) is 0.962. The van der Waals surface area contributed by atoms with Crippen LogP contribution in [0.5, 0.6) is 0 Å². The van der Waals surface area contributed by atoms with Gasteiger partial charge in [0.05, 0.1) is 23.8 Å². The molecule has 1 aliphatic heterocycles. The van der Waals surface area contributed by atoms with Gasteiger partial charge in [-0.1, -0.05) is 0 Å². The normalized spacial score (nSPS) is 14.7. The summed E-state index contributed by atoms with van der Waals surface area (Å²) in [6, 6.07) is 5.13. The van der Waals surface area contributed by atoms with Crippen LogP contribution in [0.25, 0.3) is 10.6 Å². The number of aryl methyl sites for hydroxylation is 1. The molecular weight excluding hydrogens is 237 g/mol. The van der Waals surface area contributed by atoms with Gasteiger partial charge in [0.15, 0.2) is 0 Å². The molecule has 0 radical (unpaired) electrons. The third-order valence-corrected chi connectivity index (χ3v) is 4.02. The predicted molar refractivity (Wildman–Crippen MR) is 65.6 cm³/mol. The summed E-state index contributed by atoms with van der Waals surface area (Å²) < 4.78 is 18.6. The number of thiazole rings is 1. The molecule has 1 aromatic heterocycles. The number of aromatic nitrogens is 1. The summed E-state index contributed by atoms with van der Waals surface area (Å²) in [5.74, 6) is -0.168. The third-order valence-electron chi connectivity index (χ3n) is 2.90. The number of nitrogens with zero attached hydrogens (tertiary/aromatic N) is 1. The van der Waals surface area contributed by atoms with Crippen molar-refractivity contribution in [1.82, 2.24) is 4.98 Å². The van der Waals surface area contributed by atoms with E-state index in [9.17, 15) is 4.39 Å². The standard InChI is InChI=1S/C13H12FNOS/c1-8-6-9(2-3-10(8)14)13-15-11-4-5-16-7-12(11)17-13/h2-3,6H,4-5,7H2,1H3.